The van der Waals surface area contributed by atoms with E-state index in [-0.39, 0.29) is 14.2 Å². The molecule has 152 valence electrons. The van der Waals surface area contributed by atoms with E-state index < -0.39 is 0 Å². The summed E-state index contributed by atoms with van der Waals surface area (Å²) in [4.78, 5) is 11.7. The molecular formula is C18H40N2O5. The van der Waals surface area contributed by atoms with E-state index in [1.807, 2.05) is 27.8 Å². The first-order chi connectivity index (χ1) is 11.6. The van der Waals surface area contributed by atoms with Crippen LogP contribution in [-0.4, -0.2) is 95.3 Å². The Labute approximate surface area is 154 Å². The van der Waals surface area contributed by atoms with E-state index in [0.717, 1.165) is 13.2 Å². The SMILES string of the molecule is C.C=CC.C=CN(CO)CCOCCOCCOCCN(C)C.C=O. The van der Waals surface area contributed by atoms with Gasteiger partial charge in [0.25, 0.3) is 0 Å². The van der Waals surface area contributed by atoms with E-state index in [9.17, 15) is 0 Å². The average Bonchev–Trinajstić information content (AvgIpc) is 2.58. The Morgan fingerprint density at radius 3 is 1.56 bits per heavy atom. The van der Waals surface area contributed by atoms with Crippen molar-refractivity contribution in [3.8, 4) is 0 Å². The first kappa shape index (κ1) is 31.5. The van der Waals surface area contributed by atoms with Crippen LogP contribution >= 0.6 is 0 Å². The van der Waals surface area contributed by atoms with Gasteiger partial charge in [-0.3, -0.25) is 0 Å². The van der Waals surface area contributed by atoms with Gasteiger partial charge in [-0.25, -0.2) is 0 Å². The molecule has 0 radical (unpaired) electrons. The van der Waals surface area contributed by atoms with Gasteiger partial charge in [-0.2, -0.15) is 0 Å². The van der Waals surface area contributed by atoms with E-state index in [4.69, 9.17) is 24.1 Å². The van der Waals surface area contributed by atoms with Crippen LogP contribution < -0.4 is 0 Å². The van der Waals surface area contributed by atoms with Crippen molar-refractivity contribution in [3.05, 3.63) is 25.4 Å². The quantitative estimate of drug-likeness (QED) is 0.285. The van der Waals surface area contributed by atoms with Crippen molar-refractivity contribution < 1.29 is 24.1 Å². The second kappa shape index (κ2) is 30.6. The first-order valence-corrected chi connectivity index (χ1v) is 7.83. The molecule has 0 atom stereocenters. The lowest BCUT2D eigenvalue weighted by molar-refractivity contribution is -0.0979. The van der Waals surface area contributed by atoms with Gasteiger partial charge < -0.3 is 33.9 Å². The highest BCUT2D eigenvalue weighted by molar-refractivity contribution is 5.10. The molecule has 0 aliphatic rings. The summed E-state index contributed by atoms with van der Waals surface area (Å²) >= 11 is 0. The summed E-state index contributed by atoms with van der Waals surface area (Å²) in [7, 11) is 4.03. The molecule has 0 unspecified atom stereocenters. The maximum Gasteiger partial charge on any atom is 0.115 e. The van der Waals surface area contributed by atoms with Crippen molar-refractivity contribution in [2.24, 2.45) is 0 Å². The van der Waals surface area contributed by atoms with Crippen LogP contribution in [0, 0.1) is 0 Å². The monoisotopic (exact) mass is 364 g/mol. The van der Waals surface area contributed by atoms with Crippen molar-refractivity contribution in [1.29, 1.82) is 0 Å². The molecule has 0 amide bonds. The van der Waals surface area contributed by atoms with E-state index in [0.29, 0.717) is 39.6 Å². The molecular weight excluding hydrogens is 324 g/mol. The second-order valence-electron chi connectivity index (χ2n) is 4.68. The number of aliphatic hydroxyl groups is 1. The van der Waals surface area contributed by atoms with Gasteiger partial charge in [-0.05, 0) is 27.2 Å². The minimum atomic E-state index is -0.0341. The normalized spacial score (nSPS) is 9.00. The zero-order chi connectivity index (χ0) is 19.1. The van der Waals surface area contributed by atoms with Crippen LogP contribution in [0.1, 0.15) is 14.4 Å². The number of likely N-dealkylation sites (N-methyl/N-ethyl adjacent to an activating group) is 1. The van der Waals surface area contributed by atoms with E-state index in [2.05, 4.69) is 18.1 Å². The minimum Gasteiger partial charge on any atom is -0.378 e. The Hall–Kier alpha value is -1.25. The number of carbonyl (C=O) groups is 1. The van der Waals surface area contributed by atoms with Crippen LogP contribution in [0.15, 0.2) is 25.4 Å². The zero-order valence-corrected chi connectivity index (χ0v) is 15.6. The molecule has 0 aliphatic heterocycles. The number of ether oxygens (including phenoxy) is 3. The number of hydrogen-bond donors (Lipinski definition) is 1. The molecule has 0 spiro atoms. The third-order valence-corrected chi connectivity index (χ3v) is 2.39. The van der Waals surface area contributed by atoms with E-state index in [1.54, 1.807) is 17.2 Å². The molecule has 0 aromatic rings. The lowest BCUT2D eigenvalue weighted by Gasteiger charge is -2.16. The molecule has 7 nitrogen and oxygen atoms in total. The molecule has 0 fully saturated rings. The van der Waals surface area contributed by atoms with Crippen molar-refractivity contribution in [1.82, 2.24) is 9.80 Å². The van der Waals surface area contributed by atoms with Gasteiger partial charge in [0.15, 0.2) is 0 Å². The third-order valence-electron chi connectivity index (χ3n) is 2.39. The van der Waals surface area contributed by atoms with Crippen molar-refractivity contribution in [2.45, 2.75) is 14.4 Å². The Morgan fingerprint density at radius 2 is 1.24 bits per heavy atom. The smallest absolute Gasteiger partial charge is 0.115 e. The maximum atomic E-state index is 8.86. The summed E-state index contributed by atoms with van der Waals surface area (Å²) in [6, 6.07) is 0. The van der Waals surface area contributed by atoms with Gasteiger partial charge in [0.2, 0.25) is 0 Å². The van der Waals surface area contributed by atoms with Crippen LogP contribution in [0.25, 0.3) is 0 Å². The molecule has 0 heterocycles. The largest absolute Gasteiger partial charge is 0.378 e. The fraction of sp³-hybridized carbons (Fsp3) is 0.722. The molecule has 0 saturated heterocycles. The number of nitrogens with zero attached hydrogens (tertiary/aromatic N) is 2. The fourth-order valence-electron chi connectivity index (χ4n) is 1.19. The van der Waals surface area contributed by atoms with Crippen LogP contribution in [0.5, 0.6) is 0 Å². The first-order valence-electron chi connectivity index (χ1n) is 7.83. The number of allylic oxidation sites excluding steroid dienone is 1. The fourth-order valence-corrected chi connectivity index (χ4v) is 1.19. The lowest BCUT2D eigenvalue weighted by Crippen LogP contribution is -2.23. The molecule has 0 aliphatic carbocycles. The van der Waals surface area contributed by atoms with Crippen molar-refractivity contribution in [3.63, 3.8) is 0 Å². The highest BCUT2D eigenvalue weighted by Gasteiger charge is 1.96. The third kappa shape index (κ3) is 34.9. The predicted molar refractivity (Wildman–Crippen MR) is 105 cm³/mol. The summed E-state index contributed by atoms with van der Waals surface area (Å²) in [6.07, 6.45) is 3.34. The van der Waals surface area contributed by atoms with Crippen LogP contribution in [0.3, 0.4) is 0 Å². The van der Waals surface area contributed by atoms with Crippen LogP contribution in [0.2, 0.25) is 0 Å². The number of aliphatic hydroxyl groups excluding tert-OH is 1. The Kier molecular flexibility index (Phi) is 38.6. The number of carbonyl (C=O) groups excluding carboxylic acids is 1. The minimum absolute atomic E-state index is 0. The summed E-state index contributed by atoms with van der Waals surface area (Å²) < 4.78 is 16.1. The lowest BCUT2D eigenvalue weighted by atomic mass is 10.6. The summed E-state index contributed by atoms with van der Waals surface area (Å²) in [5.74, 6) is 0. The molecule has 0 saturated carbocycles. The molecule has 7 heteroatoms. The average molecular weight is 365 g/mol. The maximum absolute atomic E-state index is 8.86. The molecule has 1 N–H and O–H groups in total. The standard InChI is InChI=1S/C13H28N2O4.C3H6.CH2O.CH4/c1-4-15(13-16)6-8-18-10-12-19-11-9-17-7-5-14(2)3;1-3-2;1-2;/h4,16H,1,5-13H2,2-3H3;3H,1H2,2H3;1H2;1H4. The number of rotatable bonds is 14. The molecule has 0 aromatic carbocycles. The molecule has 25 heavy (non-hydrogen) atoms. The second-order valence-corrected chi connectivity index (χ2v) is 4.68. The van der Waals surface area contributed by atoms with Crippen molar-refractivity contribution in [2.75, 3.05) is 73.6 Å². The van der Waals surface area contributed by atoms with Crippen LogP contribution in [-0.2, 0) is 19.0 Å². The van der Waals surface area contributed by atoms with Gasteiger partial charge in [0.05, 0.1) is 39.6 Å². The van der Waals surface area contributed by atoms with Gasteiger partial charge >= 0.3 is 0 Å². The van der Waals surface area contributed by atoms with Crippen molar-refractivity contribution >= 4 is 6.79 Å². The summed E-state index contributed by atoms with van der Waals surface area (Å²) in [5.41, 5.74) is 0. The molecule has 0 aromatic heterocycles. The highest BCUT2D eigenvalue weighted by Crippen LogP contribution is 1.87. The molecule has 0 bridgehead atoms. The van der Waals surface area contributed by atoms with Gasteiger partial charge in [-0.15, -0.1) is 6.58 Å². The van der Waals surface area contributed by atoms with Gasteiger partial charge in [0.1, 0.15) is 13.5 Å². The molecule has 0 rings (SSSR count). The zero-order valence-electron chi connectivity index (χ0n) is 15.6. The topological polar surface area (TPSA) is 71.5 Å². The Balaban J connectivity index is -0.000000329. The van der Waals surface area contributed by atoms with E-state index in [1.165, 1.54) is 0 Å². The highest BCUT2D eigenvalue weighted by atomic mass is 16.5. The van der Waals surface area contributed by atoms with Gasteiger partial charge in [0, 0.05) is 13.1 Å². The Bertz CT molecular complexity index is 254. The summed E-state index contributed by atoms with van der Waals surface area (Å²) in [6.45, 7) is 15.9. The van der Waals surface area contributed by atoms with Gasteiger partial charge in [-0.1, -0.05) is 20.1 Å². The summed E-state index contributed by atoms with van der Waals surface area (Å²) in [5, 5.41) is 8.86. The Morgan fingerprint density at radius 1 is 0.880 bits per heavy atom. The van der Waals surface area contributed by atoms with Crippen LogP contribution in [0.4, 0.5) is 0 Å². The number of hydrogen-bond acceptors (Lipinski definition) is 7. The predicted octanol–water partition coefficient (Wildman–Crippen LogP) is 1.64. The van der Waals surface area contributed by atoms with E-state index >= 15 is 0 Å².